The van der Waals surface area contributed by atoms with E-state index >= 15 is 0 Å². The summed E-state index contributed by atoms with van der Waals surface area (Å²) < 4.78 is 0. The first-order chi connectivity index (χ1) is 8.65. The van der Waals surface area contributed by atoms with Crippen molar-refractivity contribution in [1.29, 1.82) is 0 Å². The fourth-order valence-electron chi connectivity index (χ4n) is 2.48. The maximum atomic E-state index is 11.5. The van der Waals surface area contributed by atoms with Gasteiger partial charge in [-0.25, -0.2) is 9.97 Å². The lowest BCUT2D eigenvalue weighted by molar-refractivity contribution is -0.119. The minimum atomic E-state index is -0.297. The van der Waals surface area contributed by atoms with Crippen molar-refractivity contribution in [3.05, 3.63) is 11.9 Å². The van der Waals surface area contributed by atoms with Gasteiger partial charge in [-0.05, 0) is 25.7 Å². The summed E-state index contributed by atoms with van der Waals surface area (Å²) in [6.45, 7) is 2.79. The third-order valence-electron chi connectivity index (χ3n) is 3.41. The first-order valence-corrected chi connectivity index (χ1v) is 6.30. The van der Waals surface area contributed by atoms with Crippen LogP contribution in [-0.2, 0) is 11.2 Å². The normalized spacial score (nSPS) is 19.8. The molecule has 0 spiro atoms. The summed E-state index contributed by atoms with van der Waals surface area (Å²) in [7, 11) is 0. The van der Waals surface area contributed by atoms with Gasteiger partial charge < -0.3 is 16.4 Å². The molecule has 1 aliphatic rings. The van der Waals surface area contributed by atoms with Gasteiger partial charge in [0.1, 0.15) is 24.0 Å². The van der Waals surface area contributed by atoms with E-state index in [1.165, 1.54) is 6.33 Å². The van der Waals surface area contributed by atoms with E-state index in [1.54, 1.807) is 0 Å². The van der Waals surface area contributed by atoms with Crippen molar-refractivity contribution in [2.45, 2.75) is 38.6 Å². The van der Waals surface area contributed by atoms with Crippen LogP contribution < -0.4 is 16.4 Å². The number of nitrogen functional groups attached to an aromatic ring is 1. The second-order valence-electron chi connectivity index (χ2n) is 4.52. The average Bonchev–Trinajstić information content (AvgIpc) is 2.38. The van der Waals surface area contributed by atoms with E-state index in [0.717, 1.165) is 43.6 Å². The smallest absolute Gasteiger partial charge is 0.240 e. The lowest BCUT2D eigenvalue weighted by Crippen LogP contribution is -2.48. The molecule has 1 unspecified atom stereocenters. The highest BCUT2D eigenvalue weighted by Crippen LogP contribution is 2.28. The number of amides is 1. The summed E-state index contributed by atoms with van der Waals surface area (Å²) in [5.74, 6) is 0.943. The molecule has 0 aromatic carbocycles. The standard InChI is InChI=1S/C12H19N5O/c1-2-8-10(13)15-7-16-12(8)17-6-4-3-5-9(17)11(14)18/h7,9H,2-6H2,1H3,(H2,14,18)(H2,13,15,16). The van der Waals surface area contributed by atoms with Gasteiger partial charge in [0.15, 0.2) is 0 Å². The molecule has 1 aromatic rings. The van der Waals surface area contributed by atoms with E-state index in [0.29, 0.717) is 5.82 Å². The predicted octanol–water partition coefficient (Wildman–Crippen LogP) is 0.465. The fraction of sp³-hybridized carbons (Fsp3) is 0.583. The molecule has 4 N–H and O–H groups in total. The summed E-state index contributed by atoms with van der Waals surface area (Å²) in [4.78, 5) is 21.8. The second kappa shape index (κ2) is 5.20. The third kappa shape index (κ3) is 2.23. The number of hydrogen-bond acceptors (Lipinski definition) is 5. The van der Waals surface area contributed by atoms with Crippen molar-refractivity contribution in [1.82, 2.24) is 9.97 Å². The zero-order chi connectivity index (χ0) is 13.1. The summed E-state index contributed by atoms with van der Waals surface area (Å²) in [6, 6.07) is -0.279. The van der Waals surface area contributed by atoms with E-state index in [-0.39, 0.29) is 11.9 Å². The number of nitrogens with zero attached hydrogens (tertiary/aromatic N) is 3. The van der Waals surface area contributed by atoms with Crippen LogP contribution in [0.25, 0.3) is 0 Å². The number of primary amides is 1. The van der Waals surface area contributed by atoms with Gasteiger partial charge in [-0.2, -0.15) is 0 Å². The van der Waals surface area contributed by atoms with Crippen LogP contribution in [0.15, 0.2) is 6.33 Å². The Bertz CT molecular complexity index is 448. The molecule has 6 heteroatoms. The van der Waals surface area contributed by atoms with Crippen LogP contribution in [0, 0.1) is 0 Å². The summed E-state index contributed by atoms with van der Waals surface area (Å²) in [5, 5.41) is 0. The van der Waals surface area contributed by atoms with Crippen LogP contribution in [-0.4, -0.2) is 28.5 Å². The Kier molecular flexibility index (Phi) is 3.64. The fourth-order valence-corrected chi connectivity index (χ4v) is 2.48. The number of hydrogen-bond donors (Lipinski definition) is 2. The highest BCUT2D eigenvalue weighted by atomic mass is 16.1. The zero-order valence-corrected chi connectivity index (χ0v) is 10.6. The molecule has 1 saturated heterocycles. The Balaban J connectivity index is 2.39. The van der Waals surface area contributed by atoms with E-state index in [4.69, 9.17) is 11.5 Å². The van der Waals surface area contributed by atoms with Crippen molar-refractivity contribution in [3.63, 3.8) is 0 Å². The Labute approximate surface area is 106 Å². The predicted molar refractivity (Wildman–Crippen MR) is 70.0 cm³/mol. The molecule has 1 aromatic heterocycles. The molecule has 0 bridgehead atoms. The van der Waals surface area contributed by atoms with Crippen molar-refractivity contribution < 1.29 is 4.79 Å². The summed E-state index contributed by atoms with van der Waals surface area (Å²) >= 11 is 0. The van der Waals surface area contributed by atoms with E-state index < -0.39 is 0 Å². The largest absolute Gasteiger partial charge is 0.383 e. The van der Waals surface area contributed by atoms with Crippen molar-refractivity contribution in [2.75, 3.05) is 17.2 Å². The molecule has 1 fully saturated rings. The highest BCUT2D eigenvalue weighted by Gasteiger charge is 2.29. The molecule has 18 heavy (non-hydrogen) atoms. The van der Waals surface area contributed by atoms with Crippen LogP contribution in [0.2, 0.25) is 0 Å². The molecule has 0 radical (unpaired) electrons. The molecule has 1 atom stereocenters. The van der Waals surface area contributed by atoms with Gasteiger partial charge in [0, 0.05) is 12.1 Å². The zero-order valence-electron chi connectivity index (χ0n) is 10.6. The first kappa shape index (κ1) is 12.6. The van der Waals surface area contributed by atoms with Gasteiger partial charge in [0.2, 0.25) is 5.91 Å². The molecule has 1 aliphatic heterocycles. The van der Waals surface area contributed by atoms with E-state index in [2.05, 4.69) is 9.97 Å². The summed E-state index contributed by atoms with van der Waals surface area (Å²) in [5.41, 5.74) is 12.2. The number of carbonyl (C=O) groups excluding carboxylic acids is 1. The number of rotatable bonds is 3. The Morgan fingerprint density at radius 3 is 2.94 bits per heavy atom. The van der Waals surface area contributed by atoms with Crippen LogP contribution in [0.1, 0.15) is 31.7 Å². The van der Waals surface area contributed by atoms with Gasteiger partial charge in [0.25, 0.3) is 0 Å². The monoisotopic (exact) mass is 249 g/mol. The average molecular weight is 249 g/mol. The van der Waals surface area contributed by atoms with Crippen LogP contribution in [0.4, 0.5) is 11.6 Å². The number of piperidine rings is 1. The van der Waals surface area contributed by atoms with Gasteiger partial charge in [-0.1, -0.05) is 6.92 Å². The minimum Gasteiger partial charge on any atom is -0.383 e. The number of aromatic nitrogens is 2. The first-order valence-electron chi connectivity index (χ1n) is 6.30. The Morgan fingerprint density at radius 1 is 1.50 bits per heavy atom. The van der Waals surface area contributed by atoms with Gasteiger partial charge in [-0.15, -0.1) is 0 Å². The molecule has 0 saturated carbocycles. The third-order valence-corrected chi connectivity index (χ3v) is 3.41. The van der Waals surface area contributed by atoms with Crippen LogP contribution in [0.3, 0.4) is 0 Å². The summed E-state index contributed by atoms with van der Waals surface area (Å²) in [6.07, 6.45) is 5.02. The van der Waals surface area contributed by atoms with E-state index in [1.807, 2.05) is 11.8 Å². The minimum absolute atomic E-state index is 0.279. The van der Waals surface area contributed by atoms with E-state index in [9.17, 15) is 4.79 Å². The number of carbonyl (C=O) groups is 1. The molecular weight excluding hydrogens is 230 g/mol. The van der Waals surface area contributed by atoms with Crippen molar-refractivity contribution in [2.24, 2.45) is 5.73 Å². The number of anilines is 2. The quantitative estimate of drug-likeness (QED) is 0.811. The van der Waals surface area contributed by atoms with Crippen molar-refractivity contribution >= 4 is 17.5 Å². The highest BCUT2D eigenvalue weighted by molar-refractivity contribution is 5.84. The molecule has 98 valence electrons. The van der Waals surface area contributed by atoms with Gasteiger partial charge >= 0.3 is 0 Å². The van der Waals surface area contributed by atoms with Crippen LogP contribution >= 0.6 is 0 Å². The Morgan fingerprint density at radius 2 is 2.28 bits per heavy atom. The lowest BCUT2D eigenvalue weighted by Gasteiger charge is -2.35. The lowest BCUT2D eigenvalue weighted by atomic mass is 10.0. The maximum absolute atomic E-state index is 11.5. The van der Waals surface area contributed by atoms with Crippen LogP contribution in [0.5, 0.6) is 0 Å². The maximum Gasteiger partial charge on any atom is 0.240 e. The molecule has 2 heterocycles. The van der Waals surface area contributed by atoms with Crippen molar-refractivity contribution in [3.8, 4) is 0 Å². The molecule has 6 nitrogen and oxygen atoms in total. The molecule has 0 aliphatic carbocycles. The Hall–Kier alpha value is -1.85. The number of nitrogens with two attached hydrogens (primary N) is 2. The van der Waals surface area contributed by atoms with Gasteiger partial charge in [-0.3, -0.25) is 4.79 Å². The topological polar surface area (TPSA) is 98.1 Å². The van der Waals surface area contributed by atoms with Gasteiger partial charge in [0.05, 0.1) is 0 Å². The second-order valence-corrected chi connectivity index (χ2v) is 4.52. The molecule has 1 amide bonds. The molecular formula is C12H19N5O. The SMILES string of the molecule is CCc1c(N)ncnc1N1CCCCC1C(N)=O. The molecule has 2 rings (SSSR count).